The molecular weight excluding hydrogens is 258 g/mol. The van der Waals surface area contributed by atoms with Crippen LogP contribution in [0.25, 0.3) is 0 Å². The Labute approximate surface area is 121 Å². The molecule has 0 saturated heterocycles. The molecular formula is C16H24ClNO. The normalized spacial score (nSPS) is 14.8. The van der Waals surface area contributed by atoms with Crippen LogP contribution in [0.15, 0.2) is 24.3 Å². The van der Waals surface area contributed by atoms with Gasteiger partial charge in [-0.05, 0) is 49.9 Å². The maximum Gasteiger partial charge on any atom is 0.0716 e. The van der Waals surface area contributed by atoms with E-state index in [0.717, 1.165) is 24.1 Å². The first-order valence-corrected chi connectivity index (χ1v) is 7.78. The van der Waals surface area contributed by atoms with Crippen molar-refractivity contribution in [3.05, 3.63) is 34.9 Å². The summed E-state index contributed by atoms with van der Waals surface area (Å²) in [4.78, 5) is 0. The lowest BCUT2D eigenvalue weighted by molar-refractivity contribution is 0.116. The Bertz CT molecular complexity index is 348. The summed E-state index contributed by atoms with van der Waals surface area (Å²) in [5.41, 5.74) is 1.19. The van der Waals surface area contributed by atoms with E-state index in [4.69, 9.17) is 16.3 Å². The van der Waals surface area contributed by atoms with Crippen LogP contribution in [0.1, 0.15) is 44.1 Å². The van der Waals surface area contributed by atoms with Gasteiger partial charge in [-0.25, -0.2) is 0 Å². The largest absolute Gasteiger partial charge is 0.377 e. The van der Waals surface area contributed by atoms with E-state index in [2.05, 4.69) is 5.32 Å². The van der Waals surface area contributed by atoms with Crippen molar-refractivity contribution in [1.82, 2.24) is 5.32 Å². The number of benzene rings is 1. The molecule has 1 N–H and O–H groups in total. The van der Waals surface area contributed by atoms with E-state index in [1.54, 1.807) is 0 Å². The van der Waals surface area contributed by atoms with E-state index in [1.807, 2.05) is 24.3 Å². The molecule has 1 aromatic rings. The van der Waals surface area contributed by atoms with Gasteiger partial charge >= 0.3 is 0 Å². The fourth-order valence-electron chi connectivity index (χ4n) is 2.05. The topological polar surface area (TPSA) is 21.3 Å². The molecule has 0 atom stereocenters. The third-order valence-corrected chi connectivity index (χ3v) is 3.66. The lowest BCUT2D eigenvalue weighted by Crippen LogP contribution is -2.17. The highest BCUT2D eigenvalue weighted by atomic mass is 35.5. The maximum absolute atomic E-state index is 5.83. The molecule has 0 spiro atoms. The Morgan fingerprint density at radius 1 is 1.05 bits per heavy atom. The minimum Gasteiger partial charge on any atom is -0.377 e. The predicted octanol–water partition coefficient (Wildman–Crippen LogP) is 4.17. The van der Waals surface area contributed by atoms with Gasteiger partial charge in [0.15, 0.2) is 0 Å². The molecule has 3 heteroatoms. The fraction of sp³-hybridized carbons (Fsp3) is 0.625. The smallest absolute Gasteiger partial charge is 0.0716 e. The number of hydrogen-bond donors (Lipinski definition) is 1. The molecule has 0 unspecified atom stereocenters. The summed E-state index contributed by atoms with van der Waals surface area (Å²) >= 11 is 5.83. The summed E-state index contributed by atoms with van der Waals surface area (Å²) in [6, 6.07) is 8.71. The number of unbranched alkanes of at least 4 members (excludes halogenated alkanes) is 3. The van der Waals surface area contributed by atoms with E-state index in [-0.39, 0.29) is 0 Å². The van der Waals surface area contributed by atoms with Crippen LogP contribution in [0.3, 0.4) is 0 Å². The Morgan fingerprint density at radius 3 is 2.53 bits per heavy atom. The highest BCUT2D eigenvalue weighted by Gasteiger charge is 2.19. The van der Waals surface area contributed by atoms with Gasteiger partial charge in [-0.2, -0.15) is 0 Å². The minimum absolute atomic E-state index is 0.695. The first-order valence-electron chi connectivity index (χ1n) is 7.40. The van der Waals surface area contributed by atoms with E-state index in [0.29, 0.717) is 6.61 Å². The van der Waals surface area contributed by atoms with Gasteiger partial charge in [0.05, 0.1) is 6.61 Å². The zero-order valence-corrected chi connectivity index (χ0v) is 12.3. The van der Waals surface area contributed by atoms with Crippen molar-refractivity contribution in [2.75, 3.05) is 13.2 Å². The Balaban J connectivity index is 1.38. The summed E-state index contributed by atoms with van der Waals surface area (Å²) in [6.07, 6.45) is 7.82. The van der Waals surface area contributed by atoms with Crippen molar-refractivity contribution < 1.29 is 4.74 Å². The Kier molecular flexibility index (Phi) is 6.69. The van der Waals surface area contributed by atoms with Crippen molar-refractivity contribution in [3.8, 4) is 0 Å². The van der Waals surface area contributed by atoms with E-state index in [1.165, 1.54) is 44.2 Å². The van der Waals surface area contributed by atoms with Crippen molar-refractivity contribution in [1.29, 1.82) is 0 Å². The van der Waals surface area contributed by atoms with Gasteiger partial charge in [0.2, 0.25) is 0 Å². The summed E-state index contributed by atoms with van der Waals surface area (Å²) in [7, 11) is 0. The second-order valence-corrected chi connectivity index (χ2v) is 5.76. The van der Waals surface area contributed by atoms with Crippen molar-refractivity contribution in [3.63, 3.8) is 0 Å². The van der Waals surface area contributed by atoms with Crippen LogP contribution in [-0.4, -0.2) is 19.2 Å². The van der Waals surface area contributed by atoms with Gasteiger partial charge < -0.3 is 10.1 Å². The lowest BCUT2D eigenvalue weighted by atomic mass is 10.2. The molecule has 1 fully saturated rings. The van der Waals surface area contributed by atoms with E-state index in [9.17, 15) is 0 Å². The van der Waals surface area contributed by atoms with Gasteiger partial charge in [-0.15, -0.1) is 0 Å². The molecule has 19 heavy (non-hydrogen) atoms. The molecule has 0 heterocycles. The Hall–Kier alpha value is -0.570. The number of nitrogens with one attached hydrogen (secondary N) is 1. The summed E-state index contributed by atoms with van der Waals surface area (Å²) < 4.78 is 5.66. The van der Waals surface area contributed by atoms with Crippen LogP contribution in [0.2, 0.25) is 5.02 Å². The monoisotopic (exact) mass is 281 g/mol. The highest BCUT2D eigenvalue weighted by molar-refractivity contribution is 6.30. The second-order valence-electron chi connectivity index (χ2n) is 5.32. The number of halogens is 1. The summed E-state index contributed by atoms with van der Waals surface area (Å²) in [5, 5.41) is 4.32. The average molecular weight is 282 g/mol. The minimum atomic E-state index is 0.695. The molecule has 1 aliphatic carbocycles. The van der Waals surface area contributed by atoms with Gasteiger partial charge in [0, 0.05) is 17.7 Å². The lowest BCUT2D eigenvalue weighted by Gasteiger charge is -2.05. The molecule has 0 amide bonds. The first kappa shape index (κ1) is 14.8. The quantitative estimate of drug-likeness (QED) is 0.650. The van der Waals surface area contributed by atoms with Gasteiger partial charge in [-0.3, -0.25) is 0 Å². The van der Waals surface area contributed by atoms with Crippen LogP contribution in [0.4, 0.5) is 0 Å². The third-order valence-electron chi connectivity index (χ3n) is 3.41. The molecule has 0 aromatic heterocycles. The molecule has 106 valence electrons. The number of rotatable bonds is 10. The van der Waals surface area contributed by atoms with Crippen LogP contribution in [0.5, 0.6) is 0 Å². The predicted molar refractivity (Wildman–Crippen MR) is 80.6 cm³/mol. The molecule has 0 bridgehead atoms. The zero-order valence-electron chi connectivity index (χ0n) is 11.5. The van der Waals surface area contributed by atoms with E-state index >= 15 is 0 Å². The molecule has 1 saturated carbocycles. The zero-order chi connectivity index (χ0) is 13.3. The van der Waals surface area contributed by atoms with E-state index < -0.39 is 0 Å². The van der Waals surface area contributed by atoms with Gasteiger partial charge in [-0.1, -0.05) is 36.6 Å². The molecule has 1 aromatic carbocycles. The Morgan fingerprint density at radius 2 is 1.79 bits per heavy atom. The van der Waals surface area contributed by atoms with Crippen molar-refractivity contribution in [2.24, 2.45) is 0 Å². The van der Waals surface area contributed by atoms with Crippen LogP contribution < -0.4 is 5.32 Å². The molecule has 2 nitrogen and oxygen atoms in total. The fourth-order valence-corrected chi connectivity index (χ4v) is 2.17. The second kappa shape index (κ2) is 8.57. The third kappa shape index (κ3) is 6.95. The van der Waals surface area contributed by atoms with Gasteiger partial charge in [0.1, 0.15) is 0 Å². The SMILES string of the molecule is Clc1ccc(COCCCCCCNC2CC2)cc1. The van der Waals surface area contributed by atoms with Crippen molar-refractivity contribution in [2.45, 2.75) is 51.2 Å². The molecule has 0 radical (unpaired) electrons. The first-order chi connectivity index (χ1) is 9.34. The number of ether oxygens (including phenoxy) is 1. The maximum atomic E-state index is 5.83. The average Bonchev–Trinajstić information content (AvgIpc) is 3.23. The molecule has 2 rings (SSSR count). The summed E-state index contributed by atoms with van der Waals surface area (Å²) in [5.74, 6) is 0. The van der Waals surface area contributed by atoms with Crippen molar-refractivity contribution >= 4 is 11.6 Å². The van der Waals surface area contributed by atoms with Crippen LogP contribution in [-0.2, 0) is 11.3 Å². The summed E-state index contributed by atoms with van der Waals surface area (Å²) in [6.45, 7) is 2.75. The van der Waals surface area contributed by atoms with Gasteiger partial charge in [0.25, 0.3) is 0 Å². The number of hydrogen-bond acceptors (Lipinski definition) is 2. The van der Waals surface area contributed by atoms with Crippen LogP contribution in [0, 0.1) is 0 Å². The standard InChI is InChI=1S/C16H24ClNO/c17-15-7-5-14(6-8-15)13-19-12-4-2-1-3-11-18-16-9-10-16/h5-8,16,18H,1-4,9-13H2. The molecule has 0 aliphatic heterocycles. The van der Waals surface area contributed by atoms with Crippen LogP contribution >= 0.6 is 11.6 Å². The molecule has 1 aliphatic rings. The highest BCUT2D eigenvalue weighted by Crippen LogP contribution is 2.18.